The first-order valence-electron chi connectivity index (χ1n) is 7.21. The largest absolute Gasteiger partial charge is 0.336 e. The lowest BCUT2D eigenvalue weighted by atomic mass is 9.72. The third-order valence-electron chi connectivity index (χ3n) is 4.62. The van der Waals surface area contributed by atoms with E-state index in [-0.39, 0.29) is 18.4 Å². The lowest BCUT2D eigenvalue weighted by Gasteiger charge is -2.35. The molecule has 1 aliphatic carbocycles. The van der Waals surface area contributed by atoms with E-state index in [0.717, 1.165) is 0 Å². The number of hydrogen-bond acceptors (Lipinski definition) is 4. The Morgan fingerprint density at radius 2 is 1.95 bits per heavy atom. The topological polar surface area (TPSA) is 86.8 Å². The molecule has 0 bridgehead atoms. The van der Waals surface area contributed by atoms with Crippen molar-refractivity contribution in [3.63, 3.8) is 0 Å². The van der Waals surface area contributed by atoms with Crippen molar-refractivity contribution >= 4 is 23.6 Å². The molecule has 2 atom stereocenters. The van der Waals surface area contributed by atoms with E-state index in [4.69, 9.17) is 0 Å². The van der Waals surface area contributed by atoms with Gasteiger partial charge in [-0.1, -0.05) is 24.3 Å². The Morgan fingerprint density at radius 3 is 2.73 bits per heavy atom. The third-order valence-corrected chi connectivity index (χ3v) is 4.62. The van der Waals surface area contributed by atoms with E-state index >= 15 is 0 Å². The minimum atomic E-state index is -0.946. The number of hydrogen-bond donors (Lipinski definition) is 1. The molecule has 2 unspecified atom stereocenters. The Hall–Kier alpha value is -2.44. The van der Waals surface area contributed by atoms with Crippen molar-refractivity contribution in [2.24, 2.45) is 11.3 Å². The Kier molecular flexibility index (Phi) is 3.35. The molecular weight excluding hydrogens is 286 g/mol. The van der Waals surface area contributed by atoms with Crippen molar-refractivity contribution < 1.29 is 19.2 Å². The minimum absolute atomic E-state index is 0.272. The Bertz CT molecular complexity index is 624. The number of nitrogens with zero attached hydrogens (tertiary/aromatic N) is 2. The van der Waals surface area contributed by atoms with E-state index in [9.17, 15) is 19.2 Å². The molecular formula is C15H17N3O4. The summed E-state index contributed by atoms with van der Waals surface area (Å²) in [7, 11) is 1.59. The first-order chi connectivity index (χ1) is 10.5. The van der Waals surface area contributed by atoms with Gasteiger partial charge in [-0.05, 0) is 6.42 Å². The van der Waals surface area contributed by atoms with Gasteiger partial charge in [0.2, 0.25) is 11.8 Å². The minimum Gasteiger partial charge on any atom is -0.336 e. The van der Waals surface area contributed by atoms with E-state index in [1.54, 1.807) is 31.4 Å². The molecule has 3 aliphatic rings. The summed E-state index contributed by atoms with van der Waals surface area (Å²) < 4.78 is 0. The highest BCUT2D eigenvalue weighted by Gasteiger charge is 2.53. The Balaban J connectivity index is 1.75. The van der Waals surface area contributed by atoms with Crippen LogP contribution in [0.1, 0.15) is 6.42 Å². The zero-order chi connectivity index (χ0) is 15.9. The Labute approximate surface area is 127 Å². The van der Waals surface area contributed by atoms with Gasteiger partial charge in [-0.2, -0.15) is 0 Å². The molecule has 2 heterocycles. The van der Waals surface area contributed by atoms with Gasteiger partial charge in [0.1, 0.15) is 0 Å². The quantitative estimate of drug-likeness (QED) is 0.538. The summed E-state index contributed by atoms with van der Waals surface area (Å²) in [6.07, 6.45) is 7.23. The fourth-order valence-corrected chi connectivity index (χ4v) is 3.18. The summed E-state index contributed by atoms with van der Waals surface area (Å²) in [5.74, 6) is -2.28. The maximum atomic E-state index is 12.2. The second-order valence-electron chi connectivity index (χ2n) is 5.85. The molecule has 0 aromatic heterocycles. The fourth-order valence-electron chi connectivity index (χ4n) is 3.18. The Morgan fingerprint density at radius 1 is 1.18 bits per heavy atom. The number of nitrogens with one attached hydrogen (secondary N) is 1. The zero-order valence-electron chi connectivity index (χ0n) is 12.2. The third kappa shape index (κ3) is 2.04. The van der Waals surface area contributed by atoms with Crippen molar-refractivity contribution in [1.82, 2.24) is 15.1 Å². The number of fused-ring (bicyclic) bond motifs is 1. The first-order valence-corrected chi connectivity index (χ1v) is 7.21. The highest BCUT2D eigenvalue weighted by Crippen LogP contribution is 2.41. The van der Waals surface area contributed by atoms with Crippen molar-refractivity contribution in [1.29, 1.82) is 0 Å². The molecule has 116 valence electrons. The van der Waals surface area contributed by atoms with Gasteiger partial charge in [0, 0.05) is 26.7 Å². The number of piperazine rings is 1. The van der Waals surface area contributed by atoms with Crippen LogP contribution < -0.4 is 5.32 Å². The molecule has 2 aliphatic heterocycles. The van der Waals surface area contributed by atoms with E-state index < -0.39 is 23.1 Å². The van der Waals surface area contributed by atoms with Crippen LogP contribution in [-0.2, 0) is 19.2 Å². The monoisotopic (exact) mass is 303 g/mol. The number of imide groups is 1. The van der Waals surface area contributed by atoms with E-state index in [2.05, 4.69) is 5.32 Å². The molecule has 0 saturated carbocycles. The van der Waals surface area contributed by atoms with Gasteiger partial charge in [0.25, 0.3) is 0 Å². The predicted octanol–water partition coefficient (Wildman–Crippen LogP) is -0.938. The molecule has 2 saturated heterocycles. The smallest absolute Gasteiger partial charge is 0.312 e. The summed E-state index contributed by atoms with van der Waals surface area (Å²) in [4.78, 5) is 50.6. The lowest BCUT2D eigenvalue weighted by molar-refractivity contribution is -0.155. The summed E-state index contributed by atoms with van der Waals surface area (Å²) in [5, 5.41) is 2.36. The number of rotatable bonds is 3. The van der Waals surface area contributed by atoms with E-state index in [1.165, 1.54) is 9.80 Å². The SMILES string of the molecule is CN1CCN(CCC23C=CC=CC2C(=O)NC3=O)C(=O)C1=O. The van der Waals surface area contributed by atoms with Gasteiger partial charge in [-0.25, -0.2) is 0 Å². The average molecular weight is 303 g/mol. The van der Waals surface area contributed by atoms with Gasteiger partial charge in [-0.3, -0.25) is 24.5 Å². The molecule has 2 fully saturated rings. The van der Waals surface area contributed by atoms with Gasteiger partial charge in [0.05, 0.1) is 11.3 Å². The number of amides is 4. The molecule has 0 spiro atoms. The van der Waals surface area contributed by atoms with Crippen LogP contribution in [0.5, 0.6) is 0 Å². The number of carbonyl (C=O) groups excluding carboxylic acids is 4. The van der Waals surface area contributed by atoms with Crippen LogP contribution in [0, 0.1) is 11.3 Å². The molecule has 4 amide bonds. The lowest BCUT2D eigenvalue weighted by Crippen LogP contribution is -2.53. The molecule has 7 heteroatoms. The van der Waals surface area contributed by atoms with E-state index in [1.807, 2.05) is 0 Å². The number of likely N-dealkylation sites (N-methyl/N-ethyl adjacent to an activating group) is 1. The highest BCUT2D eigenvalue weighted by atomic mass is 16.2. The van der Waals surface area contributed by atoms with Gasteiger partial charge >= 0.3 is 11.8 Å². The van der Waals surface area contributed by atoms with E-state index in [0.29, 0.717) is 19.5 Å². The average Bonchev–Trinajstić information content (AvgIpc) is 2.76. The van der Waals surface area contributed by atoms with Crippen LogP contribution in [0.4, 0.5) is 0 Å². The van der Waals surface area contributed by atoms with Crippen molar-refractivity contribution in [3.05, 3.63) is 24.3 Å². The predicted molar refractivity (Wildman–Crippen MR) is 76.2 cm³/mol. The summed E-state index contributed by atoms with van der Waals surface area (Å²) in [6, 6.07) is 0. The molecule has 0 aromatic carbocycles. The van der Waals surface area contributed by atoms with Crippen LogP contribution in [0.3, 0.4) is 0 Å². The molecule has 1 N–H and O–H groups in total. The summed E-state index contributed by atoms with van der Waals surface area (Å²) in [6.45, 7) is 1.19. The zero-order valence-corrected chi connectivity index (χ0v) is 12.2. The van der Waals surface area contributed by atoms with Crippen LogP contribution in [0.2, 0.25) is 0 Å². The summed E-state index contributed by atoms with van der Waals surface area (Å²) >= 11 is 0. The fraction of sp³-hybridized carbons (Fsp3) is 0.467. The van der Waals surface area contributed by atoms with Gasteiger partial charge in [-0.15, -0.1) is 0 Å². The normalized spacial score (nSPS) is 30.9. The number of carbonyl (C=O) groups is 4. The van der Waals surface area contributed by atoms with Crippen molar-refractivity contribution in [2.75, 3.05) is 26.7 Å². The molecule has 7 nitrogen and oxygen atoms in total. The van der Waals surface area contributed by atoms with Gasteiger partial charge in [0.15, 0.2) is 0 Å². The van der Waals surface area contributed by atoms with Crippen LogP contribution in [0.15, 0.2) is 24.3 Å². The van der Waals surface area contributed by atoms with Crippen molar-refractivity contribution in [3.8, 4) is 0 Å². The first kappa shape index (κ1) is 14.5. The standard InChI is InChI=1S/C15H17N3O4/c1-17-8-9-18(13(21)12(17)20)7-6-15-5-3-2-4-10(15)11(19)16-14(15)22/h2-5,10H,6-9H2,1H3,(H,16,19,22). The summed E-state index contributed by atoms with van der Waals surface area (Å²) in [5.41, 5.74) is -0.946. The molecule has 0 aromatic rings. The van der Waals surface area contributed by atoms with Crippen LogP contribution in [0.25, 0.3) is 0 Å². The maximum Gasteiger partial charge on any atom is 0.312 e. The van der Waals surface area contributed by atoms with Crippen LogP contribution >= 0.6 is 0 Å². The highest BCUT2D eigenvalue weighted by molar-refractivity contribution is 6.35. The van der Waals surface area contributed by atoms with Crippen LogP contribution in [-0.4, -0.2) is 60.1 Å². The molecule has 3 rings (SSSR count). The van der Waals surface area contributed by atoms with Crippen molar-refractivity contribution in [2.45, 2.75) is 6.42 Å². The van der Waals surface area contributed by atoms with Gasteiger partial charge < -0.3 is 9.80 Å². The number of allylic oxidation sites excluding steroid dienone is 2. The molecule has 0 radical (unpaired) electrons. The second-order valence-corrected chi connectivity index (χ2v) is 5.85. The second kappa shape index (κ2) is 5.08. The maximum absolute atomic E-state index is 12.2. The molecule has 22 heavy (non-hydrogen) atoms.